The molecule has 1 aromatic carbocycles. The van der Waals surface area contributed by atoms with E-state index >= 15 is 0 Å². The molecule has 0 bridgehead atoms. The summed E-state index contributed by atoms with van der Waals surface area (Å²) in [5.41, 5.74) is 2.01. The maximum Gasteiger partial charge on any atom is 0.134 e. The van der Waals surface area contributed by atoms with Crippen LogP contribution in [0.5, 0.6) is 0 Å². The number of aryl methyl sites for hydroxylation is 1. The Bertz CT molecular complexity index is 563. The molecule has 1 atom stereocenters. The Morgan fingerprint density at radius 3 is 2.47 bits per heavy atom. The van der Waals surface area contributed by atoms with Gasteiger partial charge in [0.05, 0.1) is 6.07 Å². The molecule has 0 aliphatic rings. The highest BCUT2D eigenvalue weighted by atomic mass is 16.3. The average Bonchev–Trinajstić information content (AvgIpc) is 2.86. The van der Waals surface area contributed by atoms with E-state index in [2.05, 4.69) is 18.3 Å². The van der Waals surface area contributed by atoms with Crippen molar-refractivity contribution in [3.05, 3.63) is 42.2 Å². The van der Waals surface area contributed by atoms with Crippen LogP contribution in [0, 0.1) is 18.3 Å². The van der Waals surface area contributed by atoms with Crippen LogP contribution in [-0.4, -0.2) is 6.04 Å². The second-order valence-electron chi connectivity index (χ2n) is 4.60. The molecule has 3 heteroatoms. The summed E-state index contributed by atoms with van der Waals surface area (Å²) in [5.74, 6) is 1.78. The summed E-state index contributed by atoms with van der Waals surface area (Å²) in [6.07, 6.45) is 1.85. The summed E-state index contributed by atoms with van der Waals surface area (Å²) < 4.78 is 5.58. The van der Waals surface area contributed by atoms with Crippen molar-refractivity contribution in [1.29, 1.82) is 5.26 Å². The summed E-state index contributed by atoms with van der Waals surface area (Å²) in [6, 6.07) is 14.0. The van der Waals surface area contributed by atoms with E-state index in [4.69, 9.17) is 9.68 Å². The lowest BCUT2D eigenvalue weighted by Crippen LogP contribution is -2.16. The molecule has 1 heterocycles. The van der Waals surface area contributed by atoms with E-state index in [-0.39, 0.29) is 6.04 Å². The average molecular weight is 254 g/mol. The van der Waals surface area contributed by atoms with Crippen LogP contribution in [0.3, 0.4) is 0 Å². The fourth-order valence-corrected chi connectivity index (χ4v) is 1.98. The Kier molecular flexibility index (Phi) is 4.25. The van der Waals surface area contributed by atoms with Gasteiger partial charge in [0.25, 0.3) is 0 Å². The highest BCUT2D eigenvalue weighted by molar-refractivity contribution is 5.61. The number of benzene rings is 1. The van der Waals surface area contributed by atoms with Crippen molar-refractivity contribution in [2.75, 3.05) is 5.32 Å². The van der Waals surface area contributed by atoms with Crippen LogP contribution < -0.4 is 5.32 Å². The first-order valence-electron chi connectivity index (χ1n) is 6.56. The molecule has 0 spiro atoms. The molecule has 0 amide bonds. The molecule has 0 aliphatic carbocycles. The van der Waals surface area contributed by atoms with Crippen molar-refractivity contribution < 1.29 is 4.42 Å². The minimum atomic E-state index is -0.123. The largest absolute Gasteiger partial charge is 0.461 e. The molecule has 3 nitrogen and oxygen atoms in total. The van der Waals surface area contributed by atoms with Gasteiger partial charge in [0, 0.05) is 11.3 Å². The lowest BCUT2D eigenvalue weighted by molar-refractivity contribution is 0.548. The number of nitrogens with one attached hydrogen (secondary N) is 1. The van der Waals surface area contributed by atoms with Crippen LogP contribution in [0.1, 0.15) is 25.5 Å². The highest BCUT2D eigenvalue weighted by Gasteiger charge is 2.06. The van der Waals surface area contributed by atoms with Gasteiger partial charge in [-0.05, 0) is 49.7 Å². The zero-order valence-electron chi connectivity index (χ0n) is 11.3. The van der Waals surface area contributed by atoms with Crippen molar-refractivity contribution >= 4 is 5.69 Å². The van der Waals surface area contributed by atoms with Crippen LogP contribution in [0.25, 0.3) is 11.3 Å². The second kappa shape index (κ2) is 6.10. The fourth-order valence-electron chi connectivity index (χ4n) is 1.98. The minimum Gasteiger partial charge on any atom is -0.461 e. The van der Waals surface area contributed by atoms with Crippen molar-refractivity contribution in [3.63, 3.8) is 0 Å². The molecule has 0 aliphatic heterocycles. The molecular weight excluding hydrogens is 236 g/mol. The van der Waals surface area contributed by atoms with Crippen LogP contribution in [-0.2, 0) is 0 Å². The van der Waals surface area contributed by atoms with Crippen molar-refractivity contribution in [2.45, 2.75) is 32.7 Å². The second-order valence-corrected chi connectivity index (χ2v) is 4.60. The van der Waals surface area contributed by atoms with E-state index in [1.54, 1.807) is 0 Å². The summed E-state index contributed by atoms with van der Waals surface area (Å²) in [4.78, 5) is 0. The molecule has 0 fully saturated rings. The molecule has 2 aromatic rings. The zero-order chi connectivity index (χ0) is 13.7. The van der Waals surface area contributed by atoms with Gasteiger partial charge in [-0.3, -0.25) is 0 Å². The van der Waals surface area contributed by atoms with Gasteiger partial charge in [-0.1, -0.05) is 13.3 Å². The van der Waals surface area contributed by atoms with Gasteiger partial charge in [0.15, 0.2) is 0 Å². The van der Waals surface area contributed by atoms with Crippen LogP contribution in [0.4, 0.5) is 5.69 Å². The summed E-state index contributed by atoms with van der Waals surface area (Å²) in [6.45, 7) is 4.01. The molecule has 2 rings (SSSR count). The van der Waals surface area contributed by atoms with Gasteiger partial charge in [0.1, 0.15) is 17.6 Å². The first-order chi connectivity index (χ1) is 9.22. The Balaban J connectivity index is 2.08. The lowest BCUT2D eigenvalue weighted by atomic mass is 10.1. The van der Waals surface area contributed by atoms with E-state index < -0.39 is 0 Å². The number of hydrogen-bond acceptors (Lipinski definition) is 3. The van der Waals surface area contributed by atoms with Gasteiger partial charge in [-0.2, -0.15) is 5.26 Å². The molecule has 0 saturated carbocycles. The third-order valence-corrected chi connectivity index (χ3v) is 2.98. The van der Waals surface area contributed by atoms with Gasteiger partial charge < -0.3 is 9.73 Å². The number of hydrogen-bond donors (Lipinski definition) is 1. The van der Waals surface area contributed by atoms with Crippen LogP contribution >= 0.6 is 0 Å². The Hall–Kier alpha value is -2.21. The SMILES string of the molecule is CCCC(C#N)Nc1ccc(-c2ccc(C)o2)cc1. The van der Waals surface area contributed by atoms with E-state index in [0.29, 0.717) is 0 Å². The predicted octanol–water partition coefficient (Wildman–Crippen LogP) is 4.36. The topological polar surface area (TPSA) is 49.0 Å². The maximum absolute atomic E-state index is 9.03. The predicted molar refractivity (Wildman–Crippen MR) is 76.8 cm³/mol. The van der Waals surface area contributed by atoms with E-state index in [1.165, 1.54) is 0 Å². The third-order valence-electron chi connectivity index (χ3n) is 2.98. The molecular formula is C16H18N2O. The van der Waals surface area contributed by atoms with Gasteiger partial charge in [-0.25, -0.2) is 0 Å². The monoisotopic (exact) mass is 254 g/mol. The summed E-state index contributed by atoms with van der Waals surface area (Å²) >= 11 is 0. The quantitative estimate of drug-likeness (QED) is 0.862. The van der Waals surface area contributed by atoms with Crippen LogP contribution in [0.2, 0.25) is 0 Å². The van der Waals surface area contributed by atoms with Crippen molar-refractivity contribution in [2.24, 2.45) is 0 Å². The lowest BCUT2D eigenvalue weighted by Gasteiger charge is -2.11. The van der Waals surface area contributed by atoms with Gasteiger partial charge in [-0.15, -0.1) is 0 Å². The number of furan rings is 1. The number of rotatable bonds is 5. The third kappa shape index (κ3) is 3.38. The molecule has 0 saturated heterocycles. The van der Waals surface area contributed by atoms with Crippen LogP contribution in [0.15, 0.2) is 40.8 Å². The first-order valence-corrected chi connectivity index (χ1v) is 6.56. The number of nitrogens with zero attached hydrogens (tertiary/aromatic N) is 1. The van der Waals surface area contributed by atoms with E-state index in [9.17, 15) is 0 Å². The standard InChI is InChI=1S/C16H18N2O/c1-3-4-15(11-17)18-14-8-6-13(7-9-14)16-10-5-12(2)19-16/h5-10,15,18H,3-4H2,1-2H3. The molecule has 1 unspecified atom stereocenters. The Morgan fingerprint density at radius 1 is 1.21 bits per heavy atom. The normalized spacial score (nSPS) is 11.8. The summed E-state index contributed by atoms with van der Waals surface area (Å²) in [7, 11) is 0. The van der Waals surface area contributed by atoms with E-state index in [0.717, 1.165) is 35.6 Å². The fraction of sp³-hybridized carbons (Fsp3) is 0.312. The van der Waals surface area contributed by atoms with Gasteiger partial charge >= 0.3 is 0 Å². The van der Waals surface area contributed by atoms with Gasteiger partial charge in [0.2, 0.25) is 0 Å². The zero-order valence-corrected chi connectivity index (χ0v) is 11.3. The van der Waals surface area contributed by atoms with Crippen molar-refractivity contribution in [1.82, 2.24) is 0 Å². The Morgan fingerprint density at radius 2 is 1.95 bits per heavy atom. The molecule has 19 heavy (non-hydrogen) atoms. The molecule has 98 valence electrons. The number of anilines is 1. The maximum atomic E-state index is 9.03. The molecule has 0 radical (unpaired) electrons. The molecule has 1 aromatic heterocycles. The summed E-state index contributed by atoms with van der Waals surface area (Å²) in [5, 5.41) is 12.2. The smallest absolute Gasteiger partial charge is 0.134 e. The van der Waals surface area contributed by atoms with E-state index in [1.807, 2.05) is 43.3 Å². The Labute approximate surface area is 113 Å². The minimum absolute atomic E-state index is 0.123. The van der Waals surface area contributed by atoms with Crippen molar-refractivity contribution in [3.8, 4) is 17.4 Å². The molecule has 1 N–H and O–H groups in total. The highest BCUT2D eigenvalue weighted by Crippen LogP contribution is 2.23. The first kappa shape index (κ1) is 13.2. The number of nitriles is 1.